The Morgan fingerprint density at radius 2 is 1.93 bits per heavy atom. The minimum absolute atomic E-state index is 0.117. The fourth-order valence-electron chi connectivity index (χ4n) is 5.66. The van der Waals surface area contributed by atoms with Gasteiger partial charge in [0.05, 0.1) is 30.0 Å². The van der Waals surface area contributed by atoms with Crippen LogP contribution in [-0.2, 0) is 24.4 Å². The number of aromatic amines is 1. The summed E-state index contributed by atoms with van der Waals surface area (Å²) in [6.07, 6.45) is -2.60. The Labute approximate surface area is 256 Å². The van der Waals surface area contributed by atoms with Crippen molar-refractivity contribution >= 4 is 40.1 Å². The molecule has 4 aromatic rings. The van der Waals surface area contributed by atoms with Crippen LogP contribution in [0.15, 0.2) is 46.1 Å². The molecule has 0 aliphatic carbocycles. The molecular formula is C31H31F3N6O3S. The van der Waals surface area contributed by atoms with Gasteiger partial charge >= 0.3 is 6.18 Å². The molecule has 1 aliphatic heterocycles. The lowest BCUT2D eigenvalue weighted by molar-refractivity contribution is -0.136. The van der Waals surface area contributed by atoms with E-state index < -0.39 is 17.4 Å². The van der Waals surface area contributed by atoms with Gasteiger partial charge in [0.2, 0.25) is 5.91 Å². The summed E-state index contributed by atoms with van der Waals surface area (Å²) in [5.41, 5.74) is 0.434. The zero-order chi connectivity index (χ0) is 31.8. The average Bonchev–Trinajstić information content (AvgIpc) is 3.48. The van der Waals surface area contributed by atoms with Gasteiger partial charge < -0.3 is 14.6 Å². The van der Waals surface area contributed by atoms with Gasteiger partial charge in [-0.15, -0.1) is 11.8 Å². The van der Waals surface area contributed by atoms with E-state index in [0.29, 0.717) is 47.6 Å². The fourth-order valence-corrected chi connectivity index (χ4v) is 7.04. The molecule has 44 heavy (non-hydrogen) atoms. The average molecular weight is 625 g/mol. The molecule has 0 spiro atoms. The van der Waals surface area contributed by atoms with Gasteiger partial charge in [0.1, 0.15) is 17.1 Å². The lowest BCUT2D eigenvalue weighted by Gasteiger charge is -2.28. The maximum Gasteiger partial charge on any atom is 0.407 e. The number of hydrogen-bond acceptors (Lipinski definition) is 6. The van der Waals surface area contributed by atoms with Crippen molar-refractivity contribution in [1.29, 1.82) is 0 Å². The number of alkyl halides is 3. The summed E-state index contributed by atoms with van der Waals surface area (Å²) in [7, 11) is 1.71. The number of ether oxygens (including phenoxy) is 1. The summed E-state index contributed by atoms with van der Waals surface area (Å²) in [5.74, 6) is 0.561. The molecule has 1 fully saturated rings. The number of thioether (sulfide) groups is 1. The van der Waals surface area contributed by atoms with Crippen LogP contribution in [0, 0.1) is 6.57 Å². The molecular weight excluding hydrogens is 593 g/mol. The van der Waals surface area contributed by atoms with Crippen LogP contribution in [0.2, 0.25) is 0 Å². The topological polar surface area (TPSA) is 97.5 Å². The molecule has 1 amide bonds. The van der Waals surface area contributed by atoms with Gasteiger partial charge in [-0.2, -0.15) is 18.3 Å². The lowest BCUT2D eigenvalue weighted by atomic mass is 10.1. The molecule has 1 N–H and O–H groups in total. The van der Waals surface area contributed by atoms with E-state index in [0.717, 1.165) is 29.1 Å². The number of H-pyrrole nitrogens is 1. The van der Waals surface area contributed by atoms with Crippen LogP contribution < -0.4 is 15.2 Å². The van der Waals surface area contributed by atoms with Crippen molar-refractivity contribution in [3.8, 4) is 17.1 Å². The van der Waals surface area contributed by atoms with E-state index in [1.54, 1.807) is 13.1 Å². The molecule has 0 bridgehead atoms. The third-order valence-electron chi connectivity index (χ3n) is 7.55. The second-order valence-corrected chi connectivity index (χ2v) is 11.7. The molecule has 13 heteroatoms. The number of aromatic nitrogens is 4. The van der Waals surface area contributed by atoms with Gasteiger partial charge in [-0.3, -0.25) is 14.3 Å². The first-order valence-corrected chi connectivity index (χ1v) is 15.2. The Bertz CT molecular complexity index is 1830. The van der Waals surface area contributed by atoms with Crippen LogP contribution in [-0.4, -0.2) is 43.6 Å². The van der Waals surface area contributed by atoms with Gasteiger partial charge in [0.25, 0.3) is 5.56 Å². The minimum atomic E-state index is -4.72. The highest BCUT2D eigenvalue weighted by Gasteiger charge is 2.42. The minimum Gasteiger partial charge on any atom is -0.493 e. The number of carbonyl (C=O) groups excluding carboxylic acids is 1. The second kappa shape index (κ2) is 12.4. The second-order valence-electron chi connectivity index (χ2n) is 10.4. The predicted molar refractivity (Wildman–Crippen MR) is 163 cm³/mol. The third-order valence-corrected chi connectivity index (χ3v) is 8.86. The summed E-state index contributed by atoms with van der Waals surface area (Å²) < 4.78 is 48.5. The molecule has 0 radical (unpaired) electrons. The highest BCUT2D eigenvalue weighted by Crippen LogP contribution is 2.44. The SMILES string of the molecule is [C-]#[N+]c1ccc(N2C(=O)CC(Sc3ccc(OCC)c(-c4nc5c(CCC)nn(C)c5c(=O)[nH]4)c3)C2CC)cc1C(F)(F)F. The molecule has 0 saturated carbocycles. The zero-order valence-corrected chi connectivity index (χ0v) is 25.5. The smallest absolute Gasteiger partial charge is 0.407 e. The van der Waals surface area contributed by atoms with Gasteiger partial charge in [-0.05, 0) is 50.1 Å². The summed E-state index contributed by atoms with van der Waals surface area (Å²) in [6.45, 7) is 13.3. The maximum atomic E-state index is 13.7. The van der Waals surface area contributed by atoms with Crippen LogP contribution in [0.25, 0.3) is 27.3 Å². The molecule has 5 rings (SSSR count). The number of amides is 1. The maximum absolute atomic E-state index is 13.7. The highest BCUT2D eigenvalue weighted by molar-refractivity contribution is 8.00. The molecule has 2 atom stereocenters. The Morgan fingerprint density at radius 1 is 1.16 bits per heavy atom. The number of rotatable bonds is 9. The van der Waals surface area contributed by atoms with Crippen LogP contribution in [0.1, 0.15) is 51.3 Å². The number of fused-ring (bicyclic) bond motifs is 1. The van der Waals surface area contributed by atoms with Gasteiger partial charge in [0.15, 0.2) is 11.2 Å². The van der Waals surface area contributed by atoms with Gasteiger partial charge in [-0.1, -0.05) is 26.3 Å². The number of nitrogens with zero attached hydrogens (tertiary/aromatic N) is 5. The molecule has 1 saturated heterocycles. The highest BCUT2D eigenvalue weighted by atomic mass is 32.2. The molecule has 2 aromatic heterocycles. The Balaban J connectivity index is 1.51. The van der Waals surface area contributed by atoms with E-state index in [-0.39, 0.29) is 34.9 Å². The first-order chi connectivity index (χ1) is 21.0. The van der Waals surface area contributed by atoms with E-state index in [4.69, 9.17) is 16.3 Å². The number of carbonyl (C=O) groups is 1. The third kappa shape index (κ3) is 5.78. The summed E-state index contributed by atoms with van der Waals surface area (Å²) in [6, 6.07) is 8.51. The van der Waals surface area contributed by atoms with E-state index in [2.05, 4.69) is 14.9 Å². The van der Waals surface area contributed by atoms with Gasteiger partial charge in [0, 0.05) is 35.3 Å². The van der Waals surface area contributed by atoms with E-state index >= 15 is 0 Å². The Morgan fingerprint density at radius 3 is 2.59 bits per heavy atom. The number of anilines is 1. The van der Waals surface area contributed by atoms with Crippen molar-refractivity contribution in [2.45, 2.75) is 68.8 Å². The number of benzene rings is 2. The molecule has 3 heterocycles. The van der Waals surface area contributed by atoms with Crippen molar-refractivity contribution in [2.75, 3.05) is 11.5 Å². The van der Waals surface area contributed by atoms with E-state index in [1.165, 1.54) is 27.4 Å². The first kappa shape index (κ1) is 31.1. The Hall–Kier alpha value is -4.31. The largest absolute Gasteiger partial charge is 0.493 e. The number of hydrogen-bond donors (Lipinski definition) is 1. The van der Waals surface area contributed by atoms with Crippen molar-refractivity contribution in [3.63, 3.8) is 0 Å². The number of nitrogens with one attached hydrogen (secondary N) is 1. The quantitative estimate of drug-likeness (QED) is 0.203. The standard InChI is InChI=1S/C31H31F3N6O3S/c1-6-9-22-27-28(39(5)38-22)30(42)37-29(36-27)19-15-18(11-13-24(19)43-8-3)44-25-16-26(41)40(23(25)7-2)17-10-12-21(35-4)20(14-17)31(32,33)34/h10-15,23,25H,6-9,16H2,1-3,5H3,(H,36,37,42). The first-order valence-electron chi connectivity index (χ1n) is 14.3. The van der Waals surface area contributed by atoms with Crippen LogP contribution in [0.3, 0.4) is 0 Å². The molecule has 2 unspecified atom stereocenters. The van der Waals surface area contributed by atoms with Gasteiger partial charge in [-0.25, -0.2) is 9.83 Å². The number of halogens is 3. The zero-order valence-electron chi connectivity index (χ0n) is 24.7. The fraction of sp³-hybridized carbons (Fsp3) is 0.387. The molecule has 2 aromatic carbocycles. The molecule has 9 nitrogen and oxygen atoms in total. The van der Waals surface area contributed by atoms with Crippen molar-refractivity contribution in [1.82, 2.24) is 19.7 Å². The van der Waals surface area contributed by atoms with Crippen LogP contribution >= 0.6 is 11.8 Å². The molecule has 230 valence electrons. The predicted octanol–water partition coefficient (Wildman–Crippen LogP) is 6.92. The number of aryl methyl sites for hydroxylation is 2. The van der Waals surface area contributed by atoms with Crippen LogP contribution in [0.4, 0.5) is 24.5 Å². The van der Waals surface area contributed by atoms with Crippen LogP contribution in [0.5, 0.6) is 5.75 Å². The van der Waals surface area contributed by atoms with E-state index in [9.17, 15) is 22.8 Å². The summed E-state index contributed by atoms with van der Waals surface area (Å²) >= 11 is 1.44. The van der Waals surface area contributed by atoms with Crippen molar-refractivity contribution in [3.05, 3.63) is 69.4 Å². The lowest BCUT2D eigenvalue weighted by Crippen LogP contribution is -2.35. The monoisotopic (exact) mass is 624 g/mol. The summed E-state index contributed by atoms with van der Waals surface area (Å²) in [5, 5.41) is 4.22. The normalized spacial score (nSPS) is 17.0. The van der Waals surface area contributed by atoms with Crippen molar-refractivity contribution in [2.24, 2.45) is 7.05 Å². The molecule has 1 aliphatic rings. The van der Waals surface area contributed by atoms with E-state index in [1.807, 2.05) is 32.9 Å². The Kier molecular flexibility index (Phi) is 8.74. The van der Waals surface area contributed by atoms with Crippen molar-refractivity contribution < 1.29 is 22.7 Å². The summed E-state index contributed by atoms with van der Waals surface area (Å²) in [4.78, 5) is 39.2.